The lowest BCUT2D eigenvalue weighted by molar-refractivity contribution is -0.137. The fourth-order valence-electron chi connectivity index (χ4n) is 3.11. The van der Waals surface area contributed by atoms with Crippen LogP contribution in [0.25, 0.3) is 10.6 Å². The molecule has 0 saturated carbocycles. The molecule has 3 rings (SSSR count). The number of aromatic nitrogens is 1. The van der Waals surface area contributed by atoms with Crippen LogP contribution in [-0.4, -0.2) is 47.4 Å². The van der Waals surface area contributed by atoms with Crippen LogP contribution < -0.4 is 5.73 Å². The summed E-state index contributed by atoms with van der Waals surface area (Å²) >= 11 is 1.35. The van der Waals surface area contributed by atoms with Crippen molar-refractivity contribution in [2.75, 3.05) is 19.7 Å². The van der Waals surface area contributed by atoms with E-state index in [2.05, 4.69) is 11.9 Å². The summed E-state index contributed by atoms with van der Waals surface area (Å²) in [6.45, 7) is 2.53. The SMILES string of the molecule is CCc1ccc(-c2nc(C(=O)OCC(=O)N3CCC[C@H](C(N)=O)C3)cs2)cc1. The fourth-order valence-corrected chi connectivity index (χ4v) is 3.91. The number of aryl methyl sites for hydroxylation is 1. The Hall–Kier alpha value is -2.74. The molecule has 2 heterocycles. The van der Waals surface area contributed by atoms with Gasteiger partial charge in [-0.25, -0.2) is 9.78 Å². The van der Waals surface area contributed by atoms with Crippen LogP contribution >= 0.6 is 11.3 Å². The fraction of sp³-hybridized carbons (Fsp3) is 0.400. The Balaban J connectivity index is 1.55. The summed E-state index contributed by atoms with van der Waals surface area (Å²) in [5.74, 6) is -1.71. The monoisotopic (exact) mass is 401 g/mol. The minimum absolute atomic E-state index is 0.182. The number of piperidine rings is 1. The molecule has 28 heavy (non-hydrogen) atoms. The molecule has 0 unspecified atom stereocenters. The van der Waals surface area contributed by atoms with E-state index in [9.17, 15) is 14.4 Å². The van der Waals surface area contributed by atoms with E-state index in [4.69, 9.17) is 10.5 Å². The second-order valence-electron chi connectivity index (χ2n) is 6.75. The van der Waals surface area contributed by atoms with Crippen molar-refractivity contribution in [3.63, 3.8) is 0 Å². The Kier molecular flexibility index (Phi) is 6.41. The van der Waals surface area contributed by atoms with E-state index in [-0.39, 0.29) is 30.7 Å². The third kappa shape index (κ3) is 4.75. The number of thiazole rings is 1. The van der Waals surface area contributed by atoms with Gasteiger partial charge in [0.1, 0.15) is 5.01 Å². The standard InChI is InChI=1S/C20H23N3O4S/c1-2-13-5-7-14(8-6-13)19-22-16(12-28-19)20(26)27-11-17(24)23-9-3-4-15(10-23)18(21)25/h5-8,12,15H,2-4,9-11H2,1H3,(H2,21,25)/t15-/m0/s1. The number of ether oxygens (including phenoxy) is 1. The summed E-state index contributed by atoms with van der Waals surface area (Å²) in [6.07, 6.45) is 2.35. The molecule has 8 heteroatoms. The van der Waals surface area contributed by atoms with Gasteiger partial charge in [-0.3, -0.25) is 9.59 Å². The summed E-state index contributed by atoms with van der Waals surface area (Å²) in [4.78, 5) is 41.7. The first kappa shape index (κ1) is 20.0. The molecule has 148 valence electrons. The van der Waals surface area contributed by atoms with Gasteiger partial charge in [0.05, 0.1) is 5.92 Å². The minimum Gasteiger partial charge on any atom is -0.451 e. The van der Waals surface area contributed by atoms with Crippen LogP contribution in [0.15, 0.2) is 29.6 Å². The molecule has 1 fully saturated rings. The zero-order valence-electron chi connectivity index (χ0n) is 15.7. The van der Waals surface area contributed by atoms with E-state index >= 15 is 0 Å². The molecule has 1 aromatic heterocycles. The number of hydrogen-bond acceptors (Lipinski definition) is 6. The third-order valence-electron chi connectivity index (χ3n) is 4.83. The van der Waals surface area contributed by atoms with Crippen LogP contribution in [0.5, 0.6) is 0 Å². The lowest BCUT2D eigenvalue weighted by atomic mass is 9.97. The van der Waals surface area contributed by atoms with Gasteiger partial charge in [0.2, 0.25) is 5.91 Å². The topological polar surface area (TPSA) is 103 Å². The number of rotatable bonds is 6. The van der Waals surface area contributed by atoms with Crippen molar-refractivity contribution in [3.05, 3.63) is 40.9 Å². The van der Waals surface area contributed by atoms with Gasteiger partial charge in [0.25, 0.3) is 5.91 Å². The number of esters is 1. The molecule has 1 aromatic carbocycles. The largest absolute Gasteiger partial charge is 0.451 e. The van der Waals surface area contributed by atoms with Crippen molar-refractivity contribution < 1.29 is 19.1 Å². The number of nitrogens with zero attached hydrogens (tertiary/aromatic N) is 2. The lowest BCUT2D eigenvalue weighted by Gasteiger charge is -2.30. The van der Waals surface area contributed by atoms with E-state index in [1.165, 1.54) is 21.8 Å². The number of likely N-dealkylation sites (tertiary alicyclic amines) is 1. The highest BCUT2D eigenvalue weighted by atomic mass is 32.1. The Morgan fingerprint density at radius 3 is 2.71 bits per heavy atom. The summed E-state index contributed by atoms with van der Waals surface area (Å²) in [5.41, 5.74) is 7.67. The van der Waals surface area contributed by atoms with Crippen molar-refractivity contribution in [2.24, 2.45) is 11.7 Å². The van der Waals surface area contributed by atoms with E-state index in [0.717, 1.165) is 17.0 Å². The van der Waals surface area contributed by atoms with Crippen molar-refractivity contribution in [3.8, 4) is 10.6 Å². The first-order chi connectivity index (χ1) is 13.5. The number of hydrogen-bond donors (Lipinski definition) is 1. The first-order valence-corrected chi connectivity index (χ1v) is 10.1. The zero-order valence-corrected chi connectivity index (χ0v) is 16.5. The number of amides is 2. The maximum absolute atomic E-state index is 12.3. The highest BCUT2D eigenvalue weighted by Crippen LogP contribution is 2.24. The summed E-state index contributed by atoms with van der Waals surface area (Å²) in [5, 5.41) is 2.35. The predicted molar refractivity (Wildman–Crippen MR) is 106 cm³/mol. The molecule has 1 aliphatic heterocycles. The highest BCUT2D eigenvalue weighted by Gasteiger charge is 2.27. The molecular weight excluding hydrogens is 378 g/mol. The van der Waals surface area contributed by atoms with Crippen LogP contribution in [0, 0.1) is 5.92 Å². The molecule has 0 spiro atoms. The normalized spacial score (nSPS) is 16.6. The molecule has 2 N–H and O–H groups in total. The zero-order chi connectivity index (χ0) is 20.1. The number of carbonyl (C=O) groups excluding carboxylic acids is 3. The van der Waals surface area contributed by atoms with Crippen molar-refractivity contribution in [2.45, 2.75) is 26.2 Å². The van der Waals surface area contributed by atoms with Crippen molar-refractivity contribution >= 4 is 29.1 Å². The molecule has 0 aliphatic carbocycles. The third-order valence-corrected chi connectivity index (χ3v) is 5.72. The Morgan fingerprint density at radius 1 is 1.29 bits per heavy atom. The van der Waals surface area contributed by atoms with Gasteiger partial charge in [-0.2, -0.15) is 0 Å². The van der Waals surface area contributed by atoms with Gasteiger partial charge in [0.15, 0.2) is 12.3 Å². The first-order valence-electron chi connectivity index (χ1n) is 9.27. The molecule has 0 bridgehead atoms. The van der Waals surface area contributed by atoms with Crippen LogP contribution in [0.3, 0.4) is 0 Å². The van der Waals surface area contributed by atoms with Crippen LogP contribution in [-0.2, 0) is 20.7 Å². The summed E-state index contributed by atoms with van der Waals surface area (Å²) < 4.78 is 5.12. The molecule has 2 aromatic rings. The number of benzene rings is 1. The molecule has 0 radical (unpaired) electrons. The molecule has 1 atom stereocenters. The summed E-state index contributed by atoms with van der Waals surface area (Å²) in [7, 11) is 0. The van der Waals surface area contributed by atoms with Crippen LogP contribution in [0.4, 0.5) is 0 Å². The van der Waals surface area contributed by atoms with Crippen molar-refractivity contribution in [1.29, 1.82) is 0 Å². The van der Waals surface area contributed by atoms with Gasteiger partial charge in [-0.1, -0.05) is 31.2 Å². The summed E-state index contributed by atoms with van der Waals surface area (Å²) in [6, 6.07) is 8.01. The number of carbonyl (C=O) groups is 3. The second kappa shape index (κ2) is 8.97. The highest BCUT2D eigenvalue weighted by molar-refractivity contribution is 7.13. The molecule has 1 aliphatic rings. The van der Waals surface area contributed by atoms with E-state index in [1.807, 2.05) is 24.3 Å². The van der Waals surface area contributed by atoms with Crippen LogP contribution in [0.2, 0.25) is 0 Å². The Morgan fingerprint density at radius 2 is 2.04 bits per heavy atom. The van der Waals surface area contributed by atoms with Gasteiger partial charge < -0.3 is 15.4 Å². The maximum atomic E-state index is 12.3. The Bertz CT molecular complexity index is 863. The average molecular weight is 401 g/mol. The quantitative estimate of drug-likeness (QED) is 0.748. The minimum atomic E-state index is -0.635. The predicted octanol–water partition coefficient (Wildman–Crippen LogP) is 2.25. The molecule has 1 saturated heterocycles. The second-order valence-corrected chi connectivity index (χ2v) is 7.60. The molecular formula is C20H23N3O4S. The van der Waals surface area contributed by atoms with Crippen molar-refractivity contribution in [1.82, 2.24) is 9.88 Å². The average Bonchev–Trinajstić information content (AvgIpc) is 3.22. The molecule has 2 amide bonds. The lowest BCUT2D eigenvalue weighted by Crippen LogP contribution is -2.45. The maximum Gasteiger partial charge on any atom is 0.358 e. The van der Waals surface area contributed by atoms with E-state index in [0.29, 0.717) is 19.4 Å². The number of nitrogens with two attached hydrogens (primary N) is 1. The van der Waals surface area contributed by atoms with E-state index in [1.54, 1.807) is 5.38 Å². The van der Waals surface area contributed by atoms with Gasteiger partial charge >= 0.3 is 5.97 Å². The smallest absolute Gasteiger partial charge is 0.358 e. The van der Waals surface area contributed by atoms with Gasteiger partial charge in [-0.15, -0.1) is 11.3 Å². The number of primary amides is 1. The Labute approximate surface area is 167 Å². The van der Waals surface area contributed by atoms with E-state index < -0.39 is 11.9 Å². The van der Waals surface area contributed by atoms with Gasteiger partial charge in [0, 0.05) is 24.0 Å². The van der Waals surface area contributed by atoms with Gasteiger partial charge in [-0.05, 0) is 24.8 Å². The molecule has 7 nitrogen and oxygen atoms in total. The van der Waals surface area contributed by atoms with Crippen LogP contribution in [0.1, 0.15) is 35.8 Å².